The first kappa shape index (κ1) is 10.8. The van der Waals surface area contributed by atoms with E-state index in [2.05, 4.69) is 16.7 Å². The molecule has 1 atom stereocenters. The van der Waals surface area contributed by atoms with Crippen molar-refractivity contribution in [1.82, 2.24) is 4.90 Å². The molecule has 0 radical (unpaired) electrons. The van der Waals surface area contributed by atoms with Gasteiger partial charge >= 0.3 is 0 Å². The molecule has 0 saturated carbocycles. The van der Waals surface area contributed by atoms with Crippen LogP contribution in [0.3, 0.4) is 0 Å². The van der Waals surface area contributed by atoms with Crippen LogP contribution in [0.4, 0.5) is 0 Å². The number of piperidine rings is 1. The van der Waals surface area contributed by atoms with E-state index in [0.717, 1.165) is 18.4 Å². The molecule has 82 valence electrons. The van der Waals surface area contributed by atoms with Crippen LogP contribution in [0.25, 0.3) is 0 Å². The predicted molar refractivity (Wildman–Crippen MR) is 61.7 cm³/mol. The zero-order valence-electron chi connectivity index (χ0n) is 8.82. The van der Waals surface area contributed by atoms with Gasteiger partial charge in [-0.25, -0.2) is 0 Å². The third-order valence-corrected chi connectivity index (χ3v) is 4.75. The number of aliphatic hydroxyl groups excluding tert-OH is 1. The quantitative estimate of drug-likeness (QED) is 0.773. The van der Waals surface area contributed by atoms with Crippen molar-refractivity contribution in [2.24, 2.45) is 5.92 Å². The van der Waals surface area contributed by atoms with E-state index in [1.165, 1.54) is 43.9 Å². The molecule has 0 spiro atoms. The summed E-state index contributed by atoms with van der Waals surface area (Å²) in [6.45, 7) is 2.93. The van der Waals surface area contributed by atoms with Gasteiger partial charge in [-0.05, 0) is 50.4 Å². The standard InChI is InChI=1S/C11H21NOS/c13-7-3-10-1-5-12(6-2-10)11-4-8-14-9-11/h10-11,13H,1-9H2/t11-/m1/s1. The van der Waals surface area contributed by atoms with E-state index in [1.807, 2.05) is 0 Å². The van der Waals surface area contributed by atoms with E-state index in [4.69, 9.17) is 5.11 Å². The van der Waals surface area contributed by atoms with Crippen LogP contribution in [0.2, 0.25) is 0 Å². The Morgan fingerprint density at radius 3 is 2.57 bits per heavy atom. The van der Waals surface area contributed by atoms with Crippen molar-refractivity contribution >= 4 is 11.8 Å². The van der Waals surface area contributed by atoms with Crippen molar-refractivity contribution < 1.29 is 5.11 Å². The Labute approximate surface area is 91.1 Å². The molecule has 2 saturated heterocycles. The molecule has 14 heavy (non-hydrogen) atoms. The summed E-state index contributed by atoms with van der Waals surface area (Å²) in [4.78, 5) is 2.67. The Bertz CT molecular complexity index is 163. The molecule has 2 aliphatic rings. The van der Waals surface area contributed by atoms with Gasteiger partial charge in [0.1, 0.15) is 0 Å². The third kappa shape index (κ3) is 2.65. The molecule has 0 aromatic carbocycles. The Morgan fingerprint density at radius 1 is 1.21 bits per heavy atom. The van der Waals surface area contributed by atoms with Crippen molar-refractivity contribution in [3.05, 3.63) is 0 Å². The minimum absolute atomic E-state index is 0.379. The fraction of sp³-hybridized carbons (Fsp3) is 1.00. The lowest BCUT2D eigenvalue weighted by molar-refractivity contribution is 0.128. The summed E-state index contributed by atoms with van der Waals surface area (Å²) < 4.78 is 0. The van der Waals surface area contributed by atoms with Crippen LogP contribution in [0.1, 0.15) is 25.7 Å². The van der Waals surface area contributed by atoms with Gasteiger partial charge in [0.2, 0.25) is 0 Å². The highest BCUT2D eigenvalue weighted by Crippen LogP contribution is 2.27. The predicted octanol–water partition coefficient (Wildman–Crippen LogP) is 1.59. The molecule has 0 aromatic rings. The smallest absolute Gasteiger partial charge is 0.0433 e. The molecule has 0 unspecified atom stereocenters. The maximum absolute atomic E-state index is 8.88. The normalized spacial score (nSPS) is 31.1. The lowest BCUT2D eigenvalue weighted by Gasteiger charge is -2.35. The Kier molecular flexibility index (Phi) is 4.14. The number of rotatable bonds is 3. The Hall–Kier alpha value is 0.270. The number of aliphatic hydroxyl groups is 1. The van der Waals surface area contributed by atoms with Gasteiger partial charge in [0, 0.05) is 18.4 Å². The van der Waals surface area contributed by atoms with Crippen molar-refractivity contribution in [2.75, 3.05) is 31.2 Å². The van der Waals surface area contributed by atoms with Crippen LogP contribution in [0.15, 0.2) is 0 Å². The Balaban J connectivity index is 1.72. The first-order chi connectivity index (χ1) is 6.90. The minimum Gasteiger partial charge on any atom is -0.396 e. The van der Waals surface area contributed by atoms with Gasteiger partial charge < -0.3 is 5.11 Å². The van der Waals surface area contributed by atoms with Gasteiger partial charge in [-0.15, -0.1) is 0 Å². The molecular formula is C11H21NOS. The van der Waals surface area contributed by atoms with Crippen molar-refractivity contribution in [3.8, 4) is 0 Å². The van der Waals surface area contributed by atoms with Crippen molar-refractivity contribution in [1.29, 1.82) is 0 Å². The summed E-state index contributed by atoms with van der Waals surface area (Å²) in [5.41, 5.74) is 0. The second-order valence-electron chi connectivity index (χ2n) is 4.51. The Morgan fingerprint density at radius 2 is 2.00 bits per heavy atom. The van der Waals surface area contributed by atoms with Gasteiger partial charge in [0.25, 0.3) is 0 Å². The zero-order chi connectivity index (χ0) is 9.80. The fourth-order valence-electron chi connectivity index (χ4n) is 2.60. The summed E-state index contributed by atoms with van der Waals surface area (Å²) in [5.74, 6) is 3.51. The van der Waals surface area contributed by atoms with Gasteiger partial charge in [0.15, 0.2) is 0 Å². The van der Waals surface area contributed by atoms with E-state index in [1.54, 1.807) is 0 Å². The van der Waals surface area contributed by atoms with Crippen LogP contribution >= 0.6 is 11.8 Å². The molecule has 0 aromatic heterocycles. The van der Waals surface area contributed by atoms with Crippen LogP contribution in [0.5, 0.6) is 0 Å². The topological polar surface area (TPSA) is 23.5 Å². The van der Waals surface area contributed by atoms with Crippen molar-refractivity contribution in [3.63, 3.8) is 0 Å². The number of likely N-dealkylation sites (tertiary alicyclic amines) is 1. The highest BCUT2D eigenvalue weighted by molar-refractivity contribution is 7.99. The first-order valence-corrected chi connectivity index (χ1v) is 6.98. The van der Waals surface area contributed by atoms with Crippen LogP contribution in [-0.4, -0.2) is 47.3 Å². The summed E-state index contributed by atoms with van der Waals surface area (Å²) in [6.07, 6.45) is 5.03. The first-order valence-electron chi connectivity index (χ1n) is 5.83. The van der Waals surface area contributed by atoms with E-state index >= 15 is 0 Å². The fourth-order valence-corrected chi connectivity index (χ4v) is 3.85. The average Bonchev–Trinajstić information content (AvgIpc) is 2.72. The highest BCUT2D eigenvalue weighted by atomic mass is 32.2. The number of nitrogens with zero attached hydrogens (tertiary/aromatic N) is 1. The molecule has 1 N–H and O–H groups in total. The van der Waals surface area contributed by atoms with Gasteiger partial charge in [0.05, 0.1) is 0 Å². The molecule has 0 aliphatic carbocycles. The third-order valence-electron chi connectivity index (χ3n) is 3.61. The molecule has 2 aliphatic heterocycles. The largest absolute Gasteiger partial charge is 0.396 e. The lowest BCUT2D eigenvalue weighted by atomic mass is 9.93. The van der Waals surface area contributed by atoms with Crippen LogP contribution in [0, 0.1) is 5.92 Å². The lowest BCUT2D eigenvalue weighted by Crippen LogP contribution is -2.41. The van der Waals surface area contributed by atoms with Crippen LogP contribution < -0.4 is 0 Å². The summed E-state index contributed by atoms with van der Waals surface area (Å²) in [7, 11) is 0. The maximum Gasteiger partial charge on any atom is 0.0433 e. The number of hydrogen-bond acceptors (Lipinski definition) is 3. The molecule has 2 heterocycles. The minimum atomic E-state index is 0.379. The number of thioether (sulfide) groups is 1. The summed E-state index contributed by atoms with van der Waals surface area (Å²) in [6, 6.07) is 0.870. The van der Waals surface area contributed by atoms with E-state index in [0.29, 0.717) is 6.61 Å². The zero-order valence-corrected chi connectivity index (χ0v) is 9.64. The molecule has 0 bridgehead atoms. The second-order valence-corrected chi connectivity index (χ2v) is 5.66. The van der Waals surface area contributed by atoms with E-state index < -0.39 is 0 Å². The van der Waals surface area contributed by atoms with Gasteiger partial charge in [-0.1, -0.05) is 0 Å². The molecular weight excluding hydrogens is 194 g/mol. The SMILES string of the molecule is OCCC1CCN([C@@H]2CCSC2)CC1. The summed E-state index contributed by atoms with van der Waals surface area (Å²) in [5, 5.41) is 8.88. The number of hydrogen-bond donors (Lipinski definition) is 1. The van der Waals surface area contributed by atoms with Crippen LogP contribution in [-0.2, 0) is 0 Å². The van der Waals surface area contributed by atoms with Gasteiger partial charge in [-0.3, -0.25) is 4.90 Å². The van der Waals surface area contributed by atoms with E-state index in [-0.39, 0.29) is 0 Å². The van der Waals surface area contributed by atoms with E-state index in [9.17, 15) is 0 Å². The molecule has 0 amide bonds. The molecule has 2 nitrogen and oxygen atoms in total. The van der Waals surface area contributed by atoms with Crippen molar-refractivity contribution in [2.45, 2.75) is 31.7 Å². The summed E-state index contributed by atoms with van der Waals surface area (Å²) >= 11 is 2.11. The average molecular weight is 215 g/mol. The molecule has 2 rings (SSSR count). The molecule has 2 fully saturated rings. The second kappa shape index (κ2) is 5.38. The monoisotopic (exact) mass is 215 g/mol. The highest BCUT2D eigenvalue weighted by Gasteiger charge is 2.26. The van der Waals surface area contributed by atoms with Gasteiger partial charge in [-0.2, -0.15) is 11.8 Å². The maximum atomic E-state index is 8.88. The molecule has 3 heteroatoms.